The number of methoxy groups -OCH3 is 2. The molecule has 1 saturated carbocycles. The summed E-state index contributed by atoms with van der Waals surface area (Å²) in [7, 11) is 3.22. The third-order valence-electron chi connectivity index (χ3n) is 3.96. The number of esters is 1. The maximum atomic E-state index is 12.3. The maximum absolute atomic E-state index is 12.3. The van der Waals surface area contributed by atoms with Crippen molar-refractivity contribution in [2.75, 3.05) is 32.3 Å². The molecular weight excluding hydrogens is 274 g/mol. The Balaban J connectivity index is 2.59. The molecule has 1 aliphatic rings. The molecule has 1 rings (SSSR count). The molecule has 1 fully saturated rings. The van der Waals surface area contributed by atoms with Crippen molar-refractivity contribution in [1.82, 2.24) is 5.32 Å². The molecule has 2 unspecified atom stereocenters. The fourth-order valence-electron chi connectivity index (χ4n) is 3.15. The molecule has 2 atom stereocenters. The first-order valence-electron chi connectivity index (χ1n) is 7.49. The molecule has 0 bridgehead atoms. The van der Waals surface area contributed by atoms with Gasteiger partial charge >= 0.3 is 5.97 Å². The van der Waals surface area contributed by atoms with Gasteiger partial charge in [-0.05, 0) is 44.8 Å². The highest BCUT2D eigenvalue weighted by atomic mass is 32.2. The minimum Gasteiger partial charge on any atom is -0.468 e. The first-order chi connectivity index (χ1) is 9.56. The maximum Gasteiger partial charge on any atom is 0.326 e. The summed E-state index contributed by atoms with van der Waals surface area (Å²) < 4.78 is 10.1. The average molecular weight is 303 g/mol. The van der Waals surface area contributed by atoms with Crippen LogP contribution in [0.2, 0.25) is 0 Å². The first kappa shape index (κ1) is 17.8. The van der Waals surface area contributed by atoms with E-state index in [9.17, 15) is 4.79 Å². The summed E-state index contributed by atoms with van der Waals surface area (Å²) >= 11 is 1.90. The van der Waals surface area contributed by atoms with Gasteiger partial charge in [-0.1, -0.05) is 6.42 Å². The lowest BCUT2D eigenvalue weighted by molar-refractivity contribution is -0.150. The van der Waals surface area contributed by atoms with Crippen LogP contribution in [0.4, 0.5) is 0 Å². The van der Waals surface area contributed by atoms with Gasteiger partial charge in [-0.25, -0.2) is 0 Å². The van der Waals surface area contributed by atoms with Crippen molar-refractivity contribution in [3.63, 3.8) is 0 Å². The SMILES string of the molecule is COCCSCCC1CCCC1(NC(C)C)C(=O)OC. The minimum absolute atomic E-state index is 0.0874. The Morgan fingerprint density at radius 1 is 1.40 bits per heavy atom. The Hall–Kier alpha value is -0.260. The van der Waals surface area contributed by atoms with Crippen LogP contribution in [0.3, 0.4) is 0 Å². The van der Waals surface area contributed by atoms with Crippen LogP contribution in [-0.2, 0) is 14.3 Å². The standard InChI is InChI=1S/C15H29NO3S/c1-12(2)16-15(14(17)19-4)8-5-6-13(15)7-10-20-11-9-18-3/h12-13,16H,5-11H2,1-4H3. The van der Waals surface area contributed by atoms with Crippen molar-refractivity contribution >= 4 is 17.7 Å². The Morgan fingerprint density at radius 3 is 2.75 bits per heavy atom. The van der Waals surface area contributed by atoms with Crippen molar-refractivity contribution in [3.8, 4) is 0 Å². The molecule has 118 valence electrons. The summed E-state index contributed by atoms with van der Waals surface area (Å²) in [5.74, 6) is 2.39. The molecule has 0 amide bonds. The monoisotopic (exact) mass is 303 g/mol. The molecule has 0 aliphatic heterocycles. The van der Waals surface area contributed by atoms with Crippen LogP contribution < -0.4 is 5.32 Å². The molecule has 5 heteroatoms. The van der Waals surface area contributed by atoms with Crippen LogP contribution in [0.15, 0.2) is 0 Å². The summed E-state index contributed by atoms with van der Waals surface area (Å²) in [5.41, 5.74) is -0.468. The van der Waals surface area contributed by atoms with E-state index in [0.29, 0.717) is 5.92 Å². The molecule has 1 N–H and O–H groups in total. The van der Waals surface area contributed by atoms with E-state index in [1.54, 1.807) is 7.11 Å². The number of hydrogen-bond acceptors (Lipinski definition) is 5. The minimum atomic E-state index is -0.468. The Bertz CT molecular complexity index is 299. The van der Waals surface area contributed by atoms with Crippen LogP contribution in [0.5, 0.6) is 0 Å². The third-order valence-corrected chi connectivity index (χ3v) is 4.94. The molecule has 0 spiro atoms. The first-order valence-corrected chi connectivity index (χ1v) is 8.65. The van der Waals surface area contributed by atoms with Gasteiger partial charge < -0.3 is 9.47 Å². The second-order valence-corrected chi connectivity index (χ2v) is 6.97. The van der Waals surface area contributed by atoms with Crippen LogP contribution in [0, 0.1) is 5.92 Å². The van der Waals surface area contributed by atoms with Crippen LogP contribution >= 0.6 is 11.8 Å². The smallest absolute Gasteiger partial charge is 0.326 e. The number of thioether (sulfide) groups is 1. The number of carbonyl (C=O) groups is 1. The highest BCUT2D eigenvalue weighted by molar-refractivity contribution is 7.99. The van der Waals surface area contributed by atoms with E-state index < -0.39 is 5.54 Å². The van der Waals surface area contributed by atoms with E-state index in [-0.39, 0.29) is 12.0 Å². The fraction of sp³-hybridized carbons (Fsp3) is 0.933. The van der Waals surface area contributed by atoms with Crippen LogP contribution in [0.25, 0.3) is 0 Å². The number of carbonyl (C=O) groups excluding carboxylic acids is 1. The van der Waals surface area contributed by atoms with Gasteiger partial charge in [0, 0.05) is 18.9 Å². The number of rotatable bonds is 9. The lowest BCUT2D eigenvalue weighted by Gasteiger charge is -2.35. The number of nitrogens with one attached hydrogen (secondary N) is 1. The van der Waals surface area contributed by atoms with Gasteiger partial charge in [0.05, 0.1) is 13.7 Å². The van der Waals surface area contributed by atoms with Gasteiger partial charge in [-0.2, -0.15) is 11.8 Å². The zero-order valence-corrected chi connectivity index (χ0v) is 14.1. The number of hydrogen-bond donors (Lipinski definition) is 1. The lowest BCUT2D eigenvalue weighted by Crippen LogP contribution is -2.57. The fourth-order valence-corrected chi connectivity index (χ4v) is 4.09. The summed E-state index contributed by atoms with van der Waals surface area (Å²) in [6, 6.07) is 0.288. The molecule has 1 aliphatic carbocycles. The molecule has 0 radical (unpaired) electrons. The number of ether oxygens (including phenoxy) is 2. The zero-order chi connectivity index (χ0) is 15.0. The van der Waals surface area contributed by atoms with Gasteiger partial charge in [0.2, 0.25) is 0 Å². The van der Waals surface area contributed by atoms with Crippen molar-refractivity contribution in [2.24, 2.45) is 5.92 Å². The van der Waals surface area contributed by atoms with E-state index in [1.807, 2.05) is 11.8 Å². The summed E-state index contributed by atoms with van der Waals surface area (Å²) in [6.45, 7) is 4.97. The highest BCUT2D eigenvalue weighted by Crippen LogP contribution is 2.40. The van der Waals surface area contributed by atoms with Gasteiger partial charge in [0.1, 0.15) is 5.54 Å². The third kappa shape index (κ3) is 4.64. The summed E-state index contributed by atoms with van der Waals surface area (Å²) in [6.07, 6.45) is 4.16. The van der Waals surface area contributed by atoms with Crippen LogP contribution in [0.1, 0.15) is 39.5 Å². The van der Waals surface area contributed by atoms with Crippen molar-refractivity contribution < 1.29 is 14.3 Å². The highest BCUT2D eigenvalue weighted by Gasteiger charge is 2.49. The predicted molar refractivity (Wildman–Crippen MR) is 84.2 cm³/mol. The quantitative estimate of drug-likeness (QED) is 0.524. The molecule has 0 saturated heterocycles. The molecule has 0 heterocycles. The normalized spacial score (nSPS) is 26.1. The zero-order valence-electron chi connectivity index (χ0n) is 13.2. The molecule has 0 aromatic rings. The molecule has 0 aromatic heterocycles. The van der Waals surface area contributed by atoms with E-state index in [4.69, 9.17) is 9.47 Å². The van der Waals surface area contributed by atoms with Gasteiger partial charge in [-0.3, -0.25) is 10.1 Å². The van der Waals surface area contributed by atoms with Gasteiger partial charge in [0.25, 0.3) is 0 Å². The largest absolute Gasteiger partial charge is 0.468 e. The van der Waals surface area contributed by atoms with Crippen molar-refractivity contribution in [2.45, 2.75) is 51.1 Å². The van der Waals surface area contributed by atoms with Crippen molar-refractivity contribution in [3.05, 3.63) is 0 Å². The molecular formula is C15H29NO3S. The molecule has 0 aromatic carbocycles. The van der Waals surface area contributed by atoms with Crippen LogP contribution in [-0.4, -0.2) is 49.9 Å². The topological polar surface area (TPSA) is 47.6 Å². The van der Waals surface area contributed by atoms with E-state index >= 15 is 0 Å². The average Bonchev–Trinajstić information content (AvgIpc) is 2.81. The Kier molecular flexibility index (Phi) is 7.92. The second kappa shape index (κ2) is 8.90. The van der Waals surface area contributed by atoms with E-state index in [1.165, 1.54) is 7.11 Å². The van der Waals surface area contributed by atoms with E-state index in [0.717, 1.165) is 43.8 Å². The van der Waals surface area contributed by atoms with Crippen molar-refractivity contribution in [1.29, 1.82) is 0 Å². The predicted octanol–water partition coefficient (Wildman–Crippen LogP) is 2.47. The van der Waals surface area contributed by atoms with Gasteiger partial charge in [-0.15, -0.1) is 0 Å². The Labute approximate surface area is 127 Å². The Morgan fingerprint density at radius 2 is 2.15 bits per heavy atom. The lowest BCUT2D eigenvalue weighted by atomic mass is 9.84. The summed E-state index contributed by atoms with van der Waals surface area (Å²) in [5, 5.41) is 3.50. The summed E-state index contributed by atoms with van der Waals surface area (Å²) in [4.78, 5) is 12.3. The van der Waals surface area contributed by atoms with Gasteiger partial charge in [0.15, 0.2) is 0 Å². The molecule has 4 nitrogen and oxygen atoms in total. The van der Waals surface area contributed by atoms with E-state index in [2.05, 4.69) is 19.2 Å². The second-order valence-electron chi connectivity index (χ2n) is 5.74. The molecule has 20 heavy (non-hydrogen) atoms.